The van der Waals surface area contributed by atoms with E-state index in [0.29, 0.717) is 6.42 Å². The van der Waals surface area contributed by atoms with E-state index in [9.17, 15) is 9.90 Å². The maximum absolute atomic E-state index is 15.3. The molecule has 0 radical (unpaired) electrons. The lowest BCUT2D eigenvalue weighted by Crippen LogP contribution is -2.58. The second-order valence-electron chi connectivity index (χ2n) is 18.4. The van der Waals surface area contributed by atoms with E-state index < -0.39 is 39.5 Å². The summed E-state index contributed by atoms with van der Waals surface area (Å²) in [6, 6.07) is 6.16. The van der Waals surface area contributed by atoms with Gasteiger partial charge >= 0.3 is 0 Å². The molecular formula is C39H58O5Si2. The van der Waals surface area contributed by atoms with Crippen LogP contribution in [0.1, 0.15) is 86.6 Å². The first-order chi connectivity index (χ1) is 20.9. The molecule has 1 aromatic rings. The van der Waals surface area contributed by atoms with Crippen LogP contribution in [0.5, 0.6) is 11.5 Å². The van der Waals surface area contributed by atoms with Crippen LogP contribution in [0.4, 0.5) is 0 Å². The van der Waals surface area contributed by atoms with Crippen molar-refractivity contribution in [2.75, 3.05) is 0 Å². The SMILES string of the molecule is CC1=C[C@H](c2cc(O[Si](C)(C)C(C)(C)C)ccc2O[Si](C)(C)C(C)(C)C)[C@]2(/C=C/C(C)(C)O)C(=O)[C@@H]3[C@H](C(=O)[C@@H]2C1)[C@@H]1C=C[C@H]3C1. The van der Waals surface area contributed by atoms with Crippen LogP contribution in [-0.2, 0) is 9.59 Å². The average molecular weight is 663 g/mol. The Balaban J connectivity index is 1.77. The summed E-state index contributed by atoms with van der Waals surface area (Å²) in [5.74, 6) is 0.567. The van der Waals surface area contributed by atoms with E-state index in [1.54, 1.807) is 19.9 Å². The number of carbonyl (C=O) groups is 2. The number of Topliss-reactive ketones (excluding diaryl/α,β-unsaturated/α-hetero) is 2. The smallest absolute Gasteiger partial charge is 0.250 e. The van der Waals surface area contributed by atoms with Gasteiger partial charge in [-0.15, -0.1) is 0 Å². The third-order valence-electron chi connectivity index (χ3n) is 12.4. The number of rotatable bonds is 7. The molecule has 7 heteroatoms. The fourth-order valence-corrected chi connectivity index (χ4v) is 9.80. The van der Waals surface area contributed by atoms with Gasteiger partial charge in [0.1, 0.15) is 23.1 Å². The van der Waals surface area contributed by atoms with Gasteiger partial charge in [-0.1, -0.05) is 77.5 Å². The van der Waals surface area contributed by atoms with Crippen LogP contribution in [0.2, 0.25) is 36.3 Å². The van der Waals surface area contributed by atoms with Crippen molar-refractivity contribution >= 4 is 28.2 Å². The van der Waals surface area contributed by atoms with Gasteiger partial charge in [0, 0.05) is 29.2 Å². The molecule has 1 N–H and O–H groups in total. The second kappa shape index (κ2) is 11.2. The van der Waals surface area contributed by atoms with Crippen LogP contribution in [-0.4, -0.2) is 38.9 Å². The minimum atomic E-state index is -2.30. The van der Waals surface area contributed by atoms with Crippen molar-refractivity contribution < 1.29 is 23.5 Å². The Morgan fingerprint density at radius 2 is 1.43 bits per heavy atom. The normalized spacial score (nSPS) is 31.7. The number of aliphatic hydroxyl groups is 1. The van der Waals surface area contributed by atoms with Crippen molar-refractivity contribution in [2.24, 2.45) is 35.0 Å². The quantitative estimate of drug-likeness (QED) is 0.233. The molecule has 0 saturated heterocycles. The van der Waals surface area contributed by atoms with Crippen LogP contribution in [0.25, 0.3) is 0 Å². The van der Waals surface area contributed by atoms with Crippen molar-refractivity contribution in [1.82, 2.24) is 0 Å². The molecular weight excluding hydrogens is 605 g/mol. The van der Waals surface area contributed by atoms with Crippen LogP contribution < -0.4 is 8.85 Å². The predicted octanol–water partition coefficient (Wildman–Crippen LogP) is 9.41. The summed E-state index contributed by atoms with van der Waals surface area (Å²) in [6.07, 6.45) is 11.6. The molecule has 2 bridgehead atoms. The maximum Gasteiger partial charge on any atom is 0.250 e. The first-order valence-corrected chi connectivity index (χ1v) is 23.1. The van der Waals surface area contributed by atoms with E-state index in [2.05, 4.69) is 98.9 Å². The van der Waals surface area contributed by atoms with E-state index in [1.807, 2.05) is 18.2 Å². The van der Waals surface area contributed by atoms with Crippen LogP contribution >= 0.6 is 0 Å². The molecule has 0 aliphatic heterocycles. The predicted molar refractivity (Wildman–Crippen MR) is 192 cm³/mol. The highest BCUT2D eigenvalue weighted by Gasteiger charge is 2.67. The van der Waals surface area contributed by atoms with Crippen molar-refractivity contribution in [3.8, 4) is 11.5 Å². The lowest BCUT2D eigenvalue weighted by Gasteiger charge is -2.53. The Morgan fingerprint density at radius 1 is 0.870 bits per heavy atom. The topological polar surface area (TPSA) is 72.8 Å². The maximum atomic E-state index is 15.3. The zero-order valence-electron chi connectivity index (χ0n) is 30.6. The van der Waals surface area contributed by atoms with E-state index in [0.717, 1.165) is 29.1 Å². The highest BCUT2D eigenvalue weighted by Crippen LogP contribution is 2.64. The Bertz CT molecular complexity index is 1500. The largest absolute Gasteiger partial charge is 0.543 e. The lowest BCUT2D eigenvalue weighted by molar-refractivity contribution is -0.154. The summed E-state index contributed by atoms with van der Waals surface area (Å²) in [7, 11) is -4.50. The fraction of sp³-hybridized carbons (Fsp3) is 0.641. The summed E-state index contributed by atoms with van der Waals surface area (Å²) >= 11 is 0. The molecule has 5 rings (SSSR count). The van der Waals surface area contributed by atoms with Gasteiger partial charge in [-0.05, 0) is 99.9 Å². The molecule has 0 spiro atoms. The monoisotopic (exact) mass is 662 g/mol. The molecule has 0 amide bonds. The second-order valence-corrected chi connectivity index (χ2v) is 27.8. The zero-order valence-corrected chi connectivity index (χ0v) is 32.6. The van der Waals surface area contributed by atoms with Crippen LogP contribution in [0.15, 0.2) is 54.2 Å². The van der Waals surface area contributed by atoms with Gasteiger partial charge in [-0.3, -0.25) is 9.59 Å². The van der Waals surface area contributed by atoms with Gasteiger partial charge in [0.05, 0.1) is 11.0 Å². The minimum absolute atomic E-state index is 0.00262. The van der Waals surface area contributed by atoms with E-state index in [-0.39, 0.29) is 45.3 Å². The Labute approximate surface area is 280 Å². The van der Waals surface area contributed by atoms with Gasteiger partial charge in [0.2, 0.25) is 16.6 Å². The van der Waals surface area contributed by atoms with Gasteiger partial charge < -0.3 is 14.0 Å². The summed E-state index contributed by atoms with van der Waals surface area (Å²) in [5.41, 5.74) is -0.293. The van der Waals surface area contributed by atoms with E-state index in [1.165, 1.54) is 0 Å². The van der Waals surface area contributed by atoms with Gasteiger partial charge in [0.15, 0.2) is 0 Å². The third kappa shape index (κ3) is 5.87. The average Bonchev–Trinajstić information content (AvgIpc) is 3.52. The molecule has 7 atom stereocenters. The number of allylic oxidation sites excluding steroid dienone is 5. The number of hydrogen-bond acceptors (Lipinski definition) is 5. The Hall–Kier alpha value is -2.23. The molecule has 252 valence electrons. The summed E-state index contributed by atoms with van der Waals surface area (Å²) in [4.78, 5) is 30.0. The number of carbonyl (C=O) groups excluding carboxylic acids is 2. The molecule has 46 heavy (non-hydrogen) atoms. The zero-order chi connectivity index (χ0) is 34.4. The molecule has 1 aromatic carbocycles. The summed E-state index contributed by atoms with van der Waals surface area (Å²) in [6.45, 7) is 27.9. The molecule has 2 fully saturated rings. The van der Waals surface area contributed by atoms with Crippen molar-refractivity contribution in [2.45, 2.75) is 123 Å². The van der Waals surface area contributed by atoms with Gasteiger partial charge in [-0.2, -0.15) is 0 Å². The number of hydrogen-bond donors (Lipinski definition) is 1. The van der Waals surface area contributed by atoms with Crippen molar-refractivity contribution in [3.63, 3.8) is 0 Å². The molecule has 2 saturated carbocycles. The molecule has 0 aromatic heterocycles. The van der Waals surface area contributed by atoms with Gasteiger partial charge in [-0.25, -0.2) is 0 Å². The third-order valence-corrected chi connectivity index (χ3v) is 21.1. The first kappa shape index (κ1) is 35.1. The molecule has 4 aliphatic carbocycles. The molecule has 0 heterocycles. The van der Waals surface area contributed by atoms with Gasteiger partial charge in [0.25, 0.3) is 0 Å². The Morgan fingerprint density at radius 3 is 2.00 bits per heavy atom. The number of ketones is 2. The minimum Gasteiger partial charge on any atom is -0.543 e. The van der Waals surface area contributed by atoms with Crippen LogP contribution in [0.3, 0.4) is 0 Å². The number of benzene rings is 1. The summed E-state index contributed by atoms with van der Waals surface area (Å²) in [5, 5.41) is 10.9. The highest BCUT2D eigenvalue weighted by molar-refractivity contribution is 6.75. The number of fused-ring (bicyclic) bond motifs is 6. The fourth-order valence-electron chi connectivity index (χ4n) is 7.74. The van der Waals surface area contributed by atoms with E-state index >= 15 is 4.79 Å². The molecule has 4 aliphatic rings. The van der Waals surface area contributed by atoms with E-state index in [4.69, 9.17) is 8.85 Å². The highest BCUT2D eigenvalue weighted by atomic mass is 28.4. The molecule has 0 unspecified atom stereocenters. The standard InChI is InChI=1S/C39H58O5Si2/c1-24-20-29(28-23-27(43-45(10,11)36(2,3)4)16-17-31(28)44-46(12,13)37(5,6)7)39(19-18-38(8,9)42)30(21-24)34(40)32-25-14-15-26(22-25)33(32)35(39)41/h14-20,23,25-26,29-30,32-33,42H,21-22H2,1-13H3/b19-18+/t25-,26+,29-,30+,32-,33+,39+/m1/s1. The lowest BCUT2D eigenvalue weighted by atomic mass is 9.48. The summed E-state index contributed by atoms with van der Waals surface area (Å²) < 4.78 is 14.0. The molecule has 5 nitrogen and oxygen atoms in total. The Kier molecular flexibility index (Phi) is 8.52. The van der Waals surface area contributed by atoms with Crippen molar-refractivity contribution in [1.29, 1.82) is 0 Å². The van der Waals surface area contributed by atoms with Crippen LogP contribution in [0, 0.1) is 35.0 Å². The van der Waals surface area contributed by atoms with Crippen molar-refractivity contribution in [3.05, 3.63) is 59.7 Å². The first-order valence-electron chi connectivity index (χ1n) is 17.3.